The van der Waals surface area contributed by atoms with Gasteiger partial charge in [0.1, 0.15) is 0 Å². The number of unbranched alkanes of at least 4 members (excludes halogenated alkanes) is 6. The quantitative estimate of drug-likeness (QED) is 0.269. The van der Waals surface area contributed by atoms with Gasteiger partial charge >= 0.3 is 0 Å². The van der Waals surface area contributed by atoms with Gasteiger partial charge in [0.05, 0.1) is 5.75 Å². The summed E-state index contributed by atoms with van der Waals surface area (Å²) in [6.45, 7) is 10.1. The summed E-state index contributed by atoms with van der Waals surface area (Å²) in [5.74, 6) is 0.624. The second-order valence-corrected chi connectivity index (χ2v) is 8.95. The third kappa shape index (κ3) is 18.6. The van der Waals surface area contributed by atoms with Crippen molar-refractivity contribution < 1.29 is 18.4 Å². The monoisotopic (exact) mass is 395 g/mol. The molecule has 0 aromatic rings. The van der Waals surface area contributed by atoms with Gasteiger partial charge in [0.25, 0.3) is 10.1 Å². The minimum Gasteiger partial charge on any atom is -0.412 e. The summed E-state index contributed by atoms with van der Waals surface area (Å²) in [4.78, 5) is 2.47. The zero-order valence-corrected chi connectivity index (χ0v) is 18.3. The average Bonchev–Trinajstić information content (AvgIpc) is 2.57. The van der Waals surface area contributed by atoms with Crippen LogP contribution in [0, 0.1) is 5.92 Å². The molecule has 0 aliphatic rings. The van der Waals surface area contributed by atoms with Gasteiger partial charge < -0.3 is 10.4 Å². The molecule has 26 heavy (non-hydrogen) atoms. The van der Waals surface area contributed by atoms with E-state index in [4.69, 9.17) is 4.55 Å². The van der Waals surface area contributed by atoms with Gasteiger partial charge in [-0.25, -0.2) is 0 Å². The van der Waals surface area contributed by atoms with Crippen molar-refractivity contribution in [2.75, 3.05) is 25.4 Å². The molecule has 3 N–H and O–H groups in total. The van der Waals surface area contributed by atoms with Crippen molar-refractivity contribution in [3.05, 3.63) is 0 Å². The molecule has 5 nitrogen and oxygen atoms in total. The Morgan fingerprint density at radius 3 is 1.81 bits per heavy atom. The molecule has 0 saturated heterocycles. The van der Waals surface area contributed by atoms with Crippen LogP contribution in [0.1, 0.15) is 97.8 Å². The van der Waals surface area contributed by atoms with Crippen molar-refractivity contribution in [2.24, 2.45) is 5.92 Å². The maximum atomic E-state index is 10.8. The van der Waals surface area contributed by atoms with E-state index in [1.54, 1.807) is 0 Å². The lowest BCUT2D eigenvalue weighted by Crippen LogP contribution is -2.24. The van der Waals surface area contributed by atoms with Crippen molar-refractivity contribution in [3.8, 4) is 0 Å². The molecule has 0 aliphatic heterocycles. The molecule has 0 bridgehead atoms. The SMILES string of the molecule is CCCCCCCCC(CCCCS(=O)(=O)O)CCCN(CC)CC.O. The molecule has 0 spiro atoms. The Hall–Kier alpha value is -0.170. The molecule has 0 heterocycles. The zero-order valence-electron chi connectivity index (χ0n) is 17.5. The lowest BCUT2D eigenvalue weighted by atomic mass is 9.91. The van der Waals surface area contributed by atoms with Gasteiger partial charge in [0, 0.05) is 0 Å². The van der Waals surface area contributed by atoms with Gasteiger partial charge in [-0.2, -0.15) is 8.42 Å². The summed E-state index contributed by atoms with van der Waals surface area (Å²) >= 11 is 0. The largest absolute Gasteiger partial charge is 0.412 e. The fourth-order valence-electron chi connectivity index (χ4n) is 3.51. The van der Waals surface area contributed by atoms with E-state index in [0.717, 1.165) is 25.9 Å². The average molecular weight is 396 g/mol. The molecule has 1 unspecified atom stereocenters. The minimum atomic E-state index is -3.79. The maximum absolute atomic E-state index is 10.8. The van der Waals surface area contributed by atoms with E-state index < -0.39 is 10.1 Å². The van der Waals surface area contributed by atoms with E-state index in [1.165, 1.54) is 64.3 Å². The van der Waals surface area contributed by atoms with Crippen molar-refractivity contribution in [1.82, 2.24) is 4.90 Å². The molecular formula is C20H45NO4S. The molecule has 0 aromatic heterocycles. The van der Waals surface area contributed by atoms with Crippen molar-refractivity contribution in [1.29, 1.82) is 0 Å². The van der Waals surface area contributed by atoms with Gasteiger partial charge in [-0.1, -0.05) is 78.6 Å². The molecule has 0 aromatic carbocycles. The van der Waals surface area contributed by atoms with E-state index in [-0.39, 0.29) is 11.2 Å². The zero-order chi connectivity index (χ0) is 19.0. The predicted octanol–water partition coefficient (Wildman–Crippen LogP) is 4.71. The number of rotatable bonds is 18. The van der Waals surface area contributed by atoms with Crippen LogP contribution in [0.5, 0.6) is 0 Å². The van der Waals surface area contributed by atoms with Gasteiger partial charge in [-0.05, 0) is 44.8 Å². The standard InChI is InChI=1S/C20H43NO3S.H2O/c1-4-7-8-9-10-11-15-20(16-12-13-19-25(22,23)24)17-14-18-21(5-2)6-3;/h20H,4-19H2,1-3H3,(H,22,23,24);1H2. The highest BCUT2D eigenvalue weighted by Gasteiger charge is 2.11. The van der Waals surface area contributed by atoms with Crippen LogP contribution in [0.2, 0.25) is 0 Å². The van der Waals surface area contributed by atoms with Gasteiger partial charge in [0.15, 0.2) is 0 Å². The van der Waals surface area contributed by atoms with E-state index in [2.05, 4.69) is 25.7 Å². The van der Waals surface area contributed by atoms with E-state index in [1.807, 2.05) is 0 Å². The minimum absolute atomic E-state index is 0. The van der Waals surface area contributed by atoms with Crippen LogP contribution < -0.4 is 0 Å². The molecule has 0 aliphatic carbocycles. The Kier molecular flexibility index (Phi) is 19.6. The third-order valence-electron chi connectivity index (χ3n) is 5.21. The molecule has 0 saturated carbocycles. The Bertz CT molecular complexity index is 383. The molecule has 0 amide bonds. The van der Waals surface area contributed by atoms with Crippen LogP contribution >= 0.6 is 0 Å². The summed E-state index contributed by atoms with van der Waals surface area (Å²) in [6, 6.07) is 0. The molecule has 0 fully saturated rings. The highest BCUT2D eigenvalue weighted by Crippen LogP contribution is 2.23. The van der Waals surface area contributed by atoms with Crippen molar-refractivity contribution >= 4 is 10.1 Å². The molecular weight excluding hydrogens is 350 g/mol. The smallest absolute Gasteiger partial charge is 0.264 e. The van der Waals surface area contributed by atoms with Gasteiger partial charge in [-0.3, -0.25) is 4.55 Å². The van der Waals surface area contributed by atoms with Crippen LogP contribution in [0.25, 0.3) is 0 Å². The molecule has 0 rings (SSSR count). The lowest BCUT2D eigenvalue weighted by Gasteiger charge is -2.21. The summed E-state index contributed by atoms with van der Waals surface area (Å²) in [6.07, 6.45) is 14.3. The number of hydrogen-bond acceptors (Lipinski definition) is 3. The predicted molar refractivity (Wildman–Crippen MR) is 112 cm³/mol. The summed E-state index contributed by atoms with van der Waals surface area (Å²) in [5.41, 5.74) is 0. The Balaban J connectivity index is 0. The second-order valence-electron chi connectivity index (χ2n) is 7.37. The Labute approximate surface area is 163 Å². The van der Waals surface area contributed by atoms with E-state index in [9.17, 15) is 8.42 Å². The summed E-state index contributed by atoms with van der Waals surface area (Å²) in [5, 5.41) is 0. The number of nitrogens with zero attached hydrogens (tertiary/aromatic N) is 1. The first kappa shape index (κ1) is 28.0. The normalized spacial score (nSPS) is 13.0. The Morgan fingerprint density at radius 2 is 1.27 bits per heavy atom. The van der Waals surface area contributed by atoms with Crippen molar-refractivity contribution in [2.45, 2.75) is 97.8 Å². The molecule has 6 heteroatoms. The van der Waals surface area contributed by atoms with Crippen LogP contribution in [-0.2, 0) is 10.1 Å². The number of hydrogen-bond donors (Lipinski definition) is 1. The fourth-order valence-corrected chi connectivity index (χ4v) is 4.08. The molecule has 160 valence electrons. The highest BCUT2D eigenvalue weighted by molar-refractivity contribution is 7.85. The van der Waals surface area contributed by atoms with Gasteiger partial charge in [0.2, 0.25) is 0 Å². The van der Waals surface area contributed by atoms with Crippen LogP contribution in [0.15, 0.2) is 0 Å². The molecule has 0 radical (unpaired) electrons. The topological polar surface area (TPSA) is 89.1 Å². The highest BCUT2D eigenvalue weighted by atomic mass is 32.2. The van der Waals surface area contributed by atoms with E-state index >= 15 is 0 Å². The van der Waals surface area contributed by atoms with Gasteiger partial charge in [-0.15, -0.1) is 0 Å². The fraction of sp³-hybridized carbons (Fsp3) is 1.00. The van der Waals surface area contributed by atoms with Crippen LogP contribution in [0.3, 0.4) is 0 Å². The summed E-state index contributed by atoms with van der Waals surface area (Å²) < 4.78 is 30.5. The van der Waals surface area contributed by atoms with Crippen molar-refractivity contribution in [3.63, 3.8) is 0 Å². The lowest BCUT2D eigenvalue weighted by molar-refractivity contribution is 0.277. The van der Waals surface area contributed by atoms with Crippen LogP contribution in [-0.4, -0.2) is 48.7 Å². The third-order valence-corrected chi connectivity index (χ3v) is 6.02. The first-order valence-electron chi connectivity index (χ1n) is 10.6. The Morgan fingerprint density at radius 1 is 0.769 bits per heavy atom. The maximum Gasteiger partial charge on any atom is 0.264 e. The first-order chi connectivity index (χ1) is 11.9. The van der Waals surface area contributed by atoms with Crippen LogP contribution in [0.4, 0.5) is 0 Å². The second kappa shape index (κ2) is 18.2. The summed E-state index contributed by atoms with van der Waals surface area (Å²) in [7, 11) is -3.79. The molecule has 1 atom stereocenters. The van der Waals surface area contributed by atoms with E-state index in [0.29, 0.717) is 12.3 Å². The first-order valence-corrected chi connectivity index (χ1v) is 12.2.